The molecule has 2 amide bonds. The van der Waals surface area contributed by atoms with Crippen LogP contribution in [0.5, 0.6) is 5.75 Å². The monoisotopic (exact) mass is 599 g/mol. The number of amides is 2. The molecule has 0 aromatic heterocycles. The third-order valence-electron chi connectivity index (χ3n) is 7.11. The first-order chi connectivity index (χ1) is 19.5. The number of anilines is 1. The van der Waals surface area contributed by atoms with Gasteiger partial charge in [0.1, 0.15) is 11.9 Å². The van der Waals surface area contributed by atoms with E-state index in [1.807, 2.05) is 37.3 Å². The van der Waals surface area contributed by atoms with Crippen molar-refractivity contribution >= 4 is 39.1 Å². The van der Waals surface area contributed by atoms with Gasteiger partial charge in [0.15, 0.2) is 0 Å². The summed E-state index contributed by atoms with van der Waals surface area (Å²) in [5.74, 6) is -0.612. The predicted octanol–water partition coefficient (Wildman–Crippen LogP) is 4.06. The highest BCUT2D eigenvalue weighted by Gasteiger charge is 2.35. The number of ether oxygens (including phenoxy) is 1. The van der Waals surface area contributed by atoms with Crippen LogP contribution in [-0.2, 0) is 21.2 Å². The molecule has 1 aliphatic rings. The summed E-state index contributed by atoms with van der Waals surface area (Å²) in [7, 11) is -2.37. The van der Waals surface area contributed by atoms with Gasteiger partial charge < -0.3 is 20.1 Å². The zero-order valence-corrected chi connectivity index (χ0v) is 24.7. The molecule has 11 heteroatoms. The maximum atomic E-state index is 13.7. The van der Waals surface area contributed by atoms with Gasteiger partial charge in [0.25, 0.3) is 5.91 Å². The lowest BCUT2D eigenvalue weighted by Gasteiger charge is -2.38. The van der Waals surface area contributed by atoms with E-state index < -0.39 is 22.2 Å². The number of hydrogen-bond donors (Lipinski definition) is 2. The first-order valence-corrected chi connectivity index (χ1v) is 15.1. The molecule has 218 valence electrons. The molecule has 1 aliphatic heterocycles. The largest absolute Gasteiger partial charge is 0.488 e. The van der Waals surface area contributed by atoms with Crippen LogP contribution in [0.15, 0.2) is 77.7 Å². The quantitative estimate of drug-likeness (QED) is 0.383. The molecule has 3 atom stereocenters. The Morgan fingerprint density at radius 2 is 1.83 bits per heavy atom. The number of sulfonamides is 1. The third-order valence-corrected chi connectivity index (χ3v) is 9.20. The fourth-order valence-corrected chi connectivity index (χ4v) is 5.95. The van der Waals surface area contributed by atoms with Crippen molar-refractivity contribution in [1.82, 2.24) is 9.21 Å². The summed E-state index contributed by atoms with van der Waals surface area (Å²) in [5.41, 5.74) is 1.49. The fourth-order valence-electron chi connectivity index (χ4n) is 4.64. The molecule has 0 unspecified atom stereocenters. The van der Waals surface area contributed by atoms with Gasteiger partial charge in [-0.15, -0.1) is 0 Å². The second-order valence-corrected chi connectivity index (χ2v) is 12.8. The molecule has 0 aliphatic carbocycles. The summed E-state index contributed by atoms with van der Waals surface area (Å²) in [4.78, 5) is 28.0. The van der Waals surface area contributed by atoms with Crippen LogP contribution < -0.4 is 10.1 Å². The van der Waals surface area contributed by atoms with Crippen molar-refractivity contribution in [1.29, 1.82) is 0 Å². The molecule has 0 spiro atoms. The van der Waals surface area contributed by atoms with Gasteiger partial charge in [0.05, 0.1) is 36.1 Å². The Kier molecular flexibility index (Phi) is 9.70. The Morgan fingerprint density at radius 1 is 1.15 bits per heavy atom. The highest BCUT2D eigenvalue weighted by molar-refractivity contribution is 7.89. The van der Waals surface area contributed by atoms with Gasteiger partial charge in [-0.25, -0.2) is 8.42 Å². The maximum Gasteiger partial charge on any atom is 0.258 e. The van der Waals surface area contributed by atoms with Crippen LogP contribution in [0.25, 0.3) is 0 Å². The van der Waals surface area contributed by atoms with Crippen LogP contribution in [-0.4, -0.2) is 73.4 Å². The number of aliphatic hydroxyl groups is 1. The third kappa shape index (κ3) is 7.26. The number of nitrogens with zero attached hydrogens (tertiary/aromatic N) is 2. The first-order valence-electron chi connectivity index (χ1n) is 13.3. The molecule has 0 radical (unpaired) electrons. The standard InChI is InChI=1S/C30H34ClN3O6S/c1-20-17-34(21(2)19-35)30(37)26-16-24(32-29(36)15-22-7-5-4-6-8-22)11-14-27(26)40-28(20)18-33(3)41(38,39)25-12-9-23(31)10-13-25/h4-14,16,20-21,28,35H,15,17-19H2,1-3H3,(H,32,36)/t20-,21+,28+/m0/s1. The van der Waals surface area contributed by atoms with E-state index in [2.05, 4.69) is 5.32 Å². The Labute approximate surface area is 245 Å². The molecule has 4 rings (SSSR count). The Bertz CT molecular complexity index is 1480. The van der Waals surface area contributed by atoms with Crippen molar-refractivity contribution in [2.24, 2.45) is 5.92 Å². The average Bonchev–Trinajstić information content (AvgIpc) is 2.95. The Morgan fingerprint density at radius 3 is 2.49 bits per heavy atom. The minimum atomic E-state index is -3.84. The van der Waals surface area contributed by atoms with Crippen LogP contribution in [0.2, 0.25) is 5.02 Å². The topological polar surface area (TPSA) is 116 Å². The first kappa shape index (κ1) is 30.5. The molecular formula is C30H34ClN3O6S. The zero-order valence-electron chi connectivity index (χ0n) is 23.2. The van der Waals surface area contributed by atoms with Crippen LogP contribution in [0.1, 0.15) is 29.8 Å². The Hall–Kier alpha value is -3.44. The minimum Gasteiger partial charge on any atom is -0.488 e. The normalized spacial score (nSPS) is 18.2. The van der Waals surface area contributed by atoms with Crippen molar-refractivity contribution in [3.05, 3.63) is 88.9 Å². The summed E-state index contributed by atoms with van der Waals surface area (Å²) < 4.78 is 34.1. The molecule has 2 N–H and O–H groups in total. The zero-order chi connectivity index (χ0) is 29.7. The molecule has 0 saturated carbocycles. The average molecular weight is 600 g/mol. The predicted molar refractivity (Wildman–Crippen MR) is 158 cm³/mol. The van der Waals surface area contributed by atoms with E-state index in [1.54, 1.807) is 30.0 Å². The second kappa shape index (κ2) is 13.0. The van der Waals surface area contributed by atoms with Crippen molar-refractivity contribution in [3.63, 3.8) is 0 Å². The van der Waals surface area contributed by atoms with Gasteiger partial charge >= 0.3 is 0 Å². The number of likely N-dealkylation sites (N-methyl/N-ethyl adjacent to an activating group) is 1. The number of halogens is 1. The van der Waals surface area contributed by atoms with Crippen molar-refractivity contribution in [2.75, 3.05) is 32.1 Å². The van der Waals surface area contributed by atoms with Crippen molar-refractivity contribution in [2.45, 2.75) is 37.3 Å². The molecule has 0 bridgehead atoms. The van der Waals surface area contributed by atoms with Gasteiger partial charge in [-0.1, -0.05) is 48.9 Å². The SMILES string of the molecule is C[C@H](CO)N1C[C@H](C)[C@@H](CN(C)S(=O)(=O)c2ccc(Cl)cc2)Oc2ccc(NC(=O)Cc3ccccc3)cc2C1=O. The van der Waals surface area contributed by atoms with E-state index in [0.717, 1.165) is 5.56 Å². The van der Waals surface area contributed by atoms with E-state index in [0.29, 0.717) is 10.7 Å². The van der Waals surface area contributed by atoms with Crippen LogP contribution in [0.4, 0.5) is 5.69 Å². The number of hydrogen-bond acceptors (Lipinski definition) is 6. The summed E-state index contributed by atoms with van der Waals surface area (Å²) >= 11 is 5.93. The molecule has 1 heterocycles. The lowest BCUT2D eigenvalue weighted by Crippen LogP contribution is -2.50. The maximum absolute atomic E-state index is 13.7. The lowest BCUT2D eigenvalue weighted by atomic mass is 9.99. The van der Waals surface area contributed by atoms with E-state index in [9.17, 15) is 23.1 Å². The van der Waals surface area contributed by atoms with E-state index >= 15 is 0 Å². The number of carbonyl (C=O) groups excluding carboxylic acids is 2. The van der Waals surface area contributed by atoms with Crippen LogP contribution >= 0.6 is 11.6 Å². The van der Waals surface area contributed by atoms with E-state index in [4.69, 9.17) is 16.3 Å². The highest BCUT2D eigenvalue weighted by atomic mass is 35.5. The van der Waals surface area contributed by atoms with Crippen molar-refractivity contribution < 1.29 is 27.9 Å². The number of benzene rings is 3. The summed E-state index contributed by atoms with van der Waals surface area (Å²) in [6, 6.07) is 19.5. The molecule has 0 fully saturated rings. The number of aliphatic hydroxyl groups excluding tert-OH is 1. The number of nitrogens with one attached hydrogen (secondary N) is 1. The number of fused-ring (bicyclic) bond motifs is 1. The molecule has 3 aromatic rings. The van der Waals surface area contributed by atoms with Crippen LogP contribution in [0.3, 0.4) is 0 Å². The molecular weight excluding hydrogens is 566 g/mol. The highest BCUT2D eigenvalue weighted by Crippen LogP contribution is 2.31. The Balaban J connectivity index is 1.61. The van der Waals surface area contributed by atoms with Gasteiger partial charge in [-0.2, -0.15) is 4.31 Å². The number of carbonyl (C=O) groups is 2. The van der Waals surface area contributed by atoms with E-state index in [-0.39, 0.29) is 60.1 Å². The van der Waals surface area contributed by atoms with Gasteiger partial charge in [-0.3, -0.25) is 9.59 Å². The van der Waals surface area contributed by atoms with Gasteiger partial charge in [0, 0.05) is 30.2 Å². The summed E-state index contributed by atoms with van der Waals surface area (Å²) in [6.45, 7) is 3.60. The lowest BCUT2D eigenvalue weighted by molar-refractivity contribution is -0.115. The van der Waals surface area contributed by atoms with Gasteiger partial charge in [0.2, 0.25) is 15.9 Å². The second-order valence-electron chi connectivity index (χ2n) is 10.3. The summed E-state index contributed by atoms with van der Waals surface area (Å²) in [6.07, 6.45) is -0.454. The van der Waals surface area contributed by atoms with E-state index in [1.165, 1.54) is 35.6 Å². The van der Waals surface area contributed by atoms with Gasteiger partial charge in [-0.05, 0) is 55.0 Å². The molecule has 0 saturated heterocycles. The van der Waals surface area contributed by atoms with Crippen molar-refractivity contribution in [3.8, 4) is 5.75 Å². The smallest absolute Gasteiger partial charge is 0.258 e. The van der Waals surface area contributed by atoms with Crippen LogP contribution in [0, 0.1) is 5.92 Å². The fraction of sp³-hybridized carbons (Fsp3) is 0.333. The molecule has 9 nitrogen and oxygen atoms in total. The molecule has 41 heavy (non-hydrogen) atoms. The molecule has 3 aromatic carbocycles. The minimum absolute atomic E-state index is 0.0106. The summed E-state index contributed by atoms with van der Waals surface area (Å²) in [5, 5.41) is 13.2. The number of rotatable bonds is 9.